The van der Waals surface area contributed by atoms with Gasteiger partial charge < -0.3 is 10.1 Å². The summed E-state index contributed by atoms with van der Waals surface area (Å²) in [5.41, 5.74) is -1.07. The van der Waals surface area contributed by atoms with Crippen molar-refractivity contribution < 1.29 is 31.5 Å². The summed E-state index contributed by atoms with van der Waals surface area (Å²) in [4.78, 5) is 12.4. The molecule has 0 aliphatic heterocycles. The van der Waals surface area contributed by atoms with Gasteiger partial charge >= 0.3 is 6.18 Å². The lowest BCUT2D eigenvalue weighted by atomic mass is 10.1. The molecule has 162 valence electrons. The molecule has 3 nitrogen and oxygen atoms in total. The molecule has 9 heteroatoms. The van der Waals surface area contributed by atoms with Gasteiger partial charge in [0.25, 0.3) is 5.91 Å². The Morgan fingerprint density at radius 1 is 0.968 bits per heavy atom. The van der Waals surface area contributed by atoms with Gasteiger partial charge in [-0.25, -0.2) is 8.78 Å². The fourth-order valence-electron chi connectivity index (χ4n) is 2.88. The van der Waals surface area contributed by atoms with Crippen LogP contribution in [-0.4, -0.2) is 5.91 Å². The summed E-state index contributed by atoms with van der Waals surface area (Å²) >= 11 is 6.11. The van der Waals surface area contributed by atoms with Gasteiger partial charge in [0.2, 0.25) is 0 Å². The number of benzene rings is 3. The first kappa shape index (κ1) is 22.6. The zero-order chi connectivity index (χ0) is 22.9. The second-order valence-electron chi connectivity index (χ2n) is 6.73. The number of alkyl halides is 3. The quantitative estimate of drug-likeness (QED) is 0.419. The van der Waals surface area contributed by atoms with Gasteiger partial charge in [0.05, 0.1) is 11.3 Å². The highest BCUT2D eigenvalue weighted by atomic mass is 35.5. The summed E-state index contributed by atoms with van der Waals surface area (Å²) in [5.74, 6) is -3.47. The third-order valence-electron chi connectivity index (χ3n) is 4.38. The molecular weight excluding hydrogens is 441 g/mol. The lowest BCUT2D eigenvalue weighted by Crippen LogP contribution is -2.17. The van der Waals surface area contributed by atoms with E-state index in [0.717, 1.165) is 30.3 Å². The number of halogens is 6. The summed E-state index contributed by atoms with van der Waals surface area (Å²) in [5, 5.41) is 2.61. The number of aryl methyl sites for hydroxylation is 2. The molecule has 0 saturated carbocycles. The van der Waals surface area contributed by atoms with Gasteiger partial charge in [-0.1, -0.05) is 17.7 Å². The van der Waals surface area contributed by atoms with Gasteiger partial charge in [-0.2, -0.15) is 13.2 Å². The molecule has 1 N–H and O–H groups in total. The smallest absolute Gasteiger partial charge is 0.416 e. The maximum atomic E-state index is 13.9. The molecule has 0 radical (unpaired) electrons. The molecule has 0 aliphatic carbocycles. The Morgan fingerprint density at radius 3 is 2.10 bits per heavy atom. The molecule has 1 amide bonds. The molecule has 3 rings (SSSR count). The van der Waals surface area contributed by atoms with Crippen LogP contribution < -0.4 is 10.1 Å². The molecule has 0 saturated heterocycles. The molecule has 0 bridgehead atoms. The number of carbonyl (C=O) groups is 1. The first-order valence-corrected chi connectivity index (χ1v) is 9.26. The van der Waals surface area contributed by atoms with E-state index in [1.165, 1.54) is 0 Å². The molecule has 0 fully saturated rings. The Kier molecular flexibility index (Phi) is 6.22. The van der Waals surface area contributed by atoms with E-state index in [1.54, 1.807) is 26.0 Å². The van der Waals surface area contributed by atoms with Crippen molar-refractivity contribution in [2.24, 2.45) is 0 Å². The van der Waals surface area contributed by atoms with E-state index >= 15 is 0 Å². The van der Waals surface area contributed by atoms with E-state index in [-0.39, 0.29) is 11.5 Å². The number of ether oxygens (including phenoxy) is 1. The van der Waals surface area contributed by atoms with Crippen LogP contribution in [0.15, 0.2) is 48.5 Å². The van der Waals surface area contributed by atoms with Crippen LogP contribution in [0.3, 0.4) is 0 Å². The lowest BCUT2D eigenvalue weighted by Gasteiger charge is -2.16. The summed E-state index contributed by atoms with van der Waals surface area (Å²) in [6.07, 6.45) is -4.71. The van der Waals surface area contributed by atoms with E-state index in [0.29, 0.717) is 22.2 Å². The predicted molar refractivity (Wildman–Crippen MR) is 107 cm³/mol. The van der Waals surface area contributed by atoms with E-state index in [4.69, 9.17) is 16.3 Å². The van der Waals surface area contributed by atoms with Crippen molar-refractivity contribution in [2.75, 3.05) is 5.32 Å². The predicted octanol–water partition coefficient (Wildman–Crippen LogP) is 7.30. The van der Waals surface area contributed by atoms with Crippen molar-refractivity contribution in [3.8, 4) is 11.5 Å². The second kappa shape index (κ2) is 8.55. The highest BCUT2D eigenvalue weighted by Gasteiger charge is 2.32. The standard InChI is InChI=1S/C22H15ClF5NO2/c1-11-8-14(9-12(2)20(11)23)31-18-7-6-13(22(26,27)28)10-17(18)29-21(30)19-15(24)4-3-5-16(19)25/h3-10H,1-2H3,(H,29,30). The number of hydrogen-bond donors (Lipinski definition) is 1. The average molecular weight is 456 g/mol. The summed E-state index contributed by atoms with van der Waals surface area (Å²) in [6.45, 7) is 3.44. The van der Waals surface area contributed by atoms with Crippen LogP contribution in [0.2, 0.25) is 5.02 Å². The third kappa shape index (κ3) is 4.96. The van der Waals surface area contributed by atoms with Crippen molar-refractivity contribution >= 4 is 23.2 Å². The fraction of sp³-hybridized carbons (Fsp3) is 0.136. The van der Waals surface area contributed by atoms with Crippen LogP contribution in [0.4, 0.5) is 27.6 Å². The molecule has 0 unspecified atom stereocenters. The van der Waals surface area contributed by atoms with Gasteiger partial charge in [-0.15, -0.1) is 0 Å². The zero-order valence-electron chi connectivity index (χ0n) is 16.2. The summed E-state index contributed by atoms with van der Waals surface area (Å²) in [6, 6.07) is 8.32. The van der Waals surface area contributed by atoms with Gasteiger partial charge in [-0.3, -0.25) is 4.79 Å². The van der Waals surface area contributed by atoms with Crippen molar-refractivity contribution in [3.63, 3.8) is 0 Å². The minimum Gasteiger partial charge on any atom is -0.455 e. The normalized spacial score (nSPS) is 11.4. The van der Waals surface area contributed by atoms with Crippen LogP contribution in [-0.2, 0) is 6.18 Å². The van der Waals surface area contributed by atoms with Crippen molar-refractivity contribution in [2.45, 2.75) is 20.0 Å². The fourth-order valence-corrected chi connectivity index (χ4v) is 2.99. The number of nitrogens with one attached hydrogen (secondary N) is 1. The molecule has 0 aliphatic rings. The third-order valence-corrected chi connectivity index (χ3v) is 4.98. The number of hydrogen-bond acceptors (Lipinski definition) is 2. The molecule has 0 aromatic heterocycles. The van der Waals surface area contributed by atoms with Crippen LogP contribution >= 0.6 is 11.6 Å². The Hall–Kier alpha value is -3.13. The van der Waals surface area contributed by atoms with Crippen molar-refractivity contribution in [1.82, 2.24) is 0 Å². The first-order chi connectivity index (χ1) is 14.5. The average Bonchev–Trinajstić information content (AvgIpc) is 2.66. The minimum atomic E-state index is -4.71. The summed E-state index contributed by atoms with van der Waals surface area (Å²) < 4.78 is 73.0. The number of anilines is 1. The number of amides is 1. The molecular formula is C22H15ClF5NO2. The van der Waals surface area contributed by atoms with Gasteiger partial charge in [0, 0.05) is 5.02 Å². The number of rotatable bonds is 4. The molecule has 0 spiro atoms. The Labute approximate surface area is 179 Å². The summed E-state index contributed by atoms with van der Waals surface area (Å²) in [7, 11) is 0. The lowest BCUT2D eigenvalue weighted by molar-refractivity contribution is -0.137. The maximum absolute atomic E-state index is 13.9. The van der Waals surface area contributed by atoms with E-state index in [2.05, 4.69) is 5.32 Å². The molecule has 0 heterocycles. The van der Waals surface area contributed by atoms with Gasteiger partial charge in [-0.05, 0) is 67.4 Å². The molecule has 31 heavy (non-hydrogen) atoms. The Morgan fingerprint density at radius 2 is 1.55 bits per heavy atom. The van der Waals surface area contributed by atoms with Gasteiger partial charge in [0.15, 0.2) is 5.75 Å². The van der Waals surface area contributed by atoms with Crippen LogP contribution in [0.1, 0.15) is 27.0 Å². The highest BCUT2D eigenvalue weighted by Crippen LogP contribution is 2.38. The first-order valence-electron chi connectivity index (χ1n) is 8.88. The zero-order valence-corrected chi connectivity index (χ0v) is 17.0. The van der Waals surface area contributed by atoms with E-state index < -0.39 is 40.5 Å². The van der Waals surface area contributed by atoms with Crippen LogP contribution in [0.25, 0.3) is 0 Å². The van der Waals surface area contributed by atoms with Crippen molar-refractivity contribution in [1.29, 1.82) is 0 Å². The number of carbonyl (C=O) groups excluding carboxylic acids is 1. The molecule has 3 aromatic carbocycles. The minimum absolute atomic E-state index is 0.154. The molecule has 0 atom stereocenters. The monoisotopic (exact) mass is 455 g/mol. The van der Waals surface area contributed by atoms with E-state index in [9.17, 15) is 26.7 Å². The van der Waals surface area contributed by atoms with Crippen LogP contribution in [0.5, 0.6) is 11.5 Å². The molecule has 3 aromatic rings. The van der Waals surface area contributed by atoms with Crippen molar-refractivity contribution in [3.05, 3.63) is 87.4 Å². The Bertz CT molecular complexity index is 1120. The highest BCUT2D eigenvalue weighted by molar-refractivity contribution is 6.32. The maximum Gasteiger partial charge on any atom is 0.416 e. The topological polar surface area (TPSA) is 38.3 Å². The Balaban J connectivity index is 2.03. The van der Waals surface area contributed by atoms with Crippen LogP contribution in [0, 0.1) is 25.5 Å². The van der Waals surface area contributed by atoms with E-state index in [1.807, 2.05) is 0 Å². The largest absolute Gasteiger partial charge is 0.455 e. The second-order valence-corrected chi connectivity index (χ2v) is 7.11. The van der Waals surface area contributed by atoms with Gasteiger partial charge in [0.1, 0.15) is 22.9 Å². The SMILES string of the molecule is Cc1cc(Oc2ccc(C(F)(F)F)cc2NC(=O)c2c(F)cccc2F)cc(C)c1Cl.